The summed E-state index contributed by atoms with van der Waals surface area (Å²) in [5, 5.41) is 3.31. The van der Waals surface area contributed by atoms with Crippen LogP contribution in [0.25, 0.3) is 0 Å². The van der Waals surface area contributed by atoms with Gasteiger partial charge < -0.3 is 5.32 Å². The molecule has 0 aromatic carbocycles. The lowest BCUT2D eigenvalue weighted by Crippen LogP contribution is -2.25. The van der Waals surface area contributed by atoms with Crippen LogP contribution >= 0.6 is 0 Å². The molecule has 0 radical (unpaired) electrons. The van der Waals surface area contributed by atoms with Crippen molar-refractivity contribution in [1.29, 1.82) is 0 Å². The summed E-state index contributed by atoms with van der Waals surface area (Å²) in [4.78, 5) is 0. The molecule has 0 aromatic heterocycles. The molecule has 0 spiro atoms. The highest BCUT2D eigenvalue weighted by molar-refractivity contribution is 4.87. The topological polar surface area (TPSA) is 12.0 Å². The molecule has 1 atom stereocenters. The molecule has 0 aliphatic rings. The predicted octanol–water partition coefficient (Wildman–Crippen LogP) is 4.13. The Kier molecular flexibility index (Phi) is 12.2. The van der Waals surface area contributed by atoms with Gasteiger partial charge in [-0.2, -0.15) is 0 Å². The van der Waals surface area contributed by atoms with E-state index in [1.165, 1.54) is 57.8 Å². The molecule has 1 heteroatoms. The van der Waals surface area contributed by atoms with Gasteiger partial charge in [0, 0.05) is 6.04 Å². The fourth-order valence-corrected chi connectivity index (χ4v) is 1.92. The summed E-state index contributed by atoms with van der Waals surface area (Å²) in [5.74, 6) is 2.62. The lowest BCUT2D eigenvalue weighted by atomic mass is 10.1. The van der Waals surface area contributed by atoms with Gasteiger partial charge in [-0.3, -0.25) is 0 Å². The molecule has 0 amide bonds. The smallest absolute Gasteiger partial charge is 0.0575 e. The molecule has 0 bridgehead atoms. The Labute approximate surface area is 102 Å². The second kappa shape index (κ2) is 12.6. The van der Waals surface area contributed by atoms with Crippen molar-refractivity contribution in [3.63, 3.8) is 0 Å². The normalized spacial score (nSPS) is 12.3. The van der Waals surface area contributed by atoms with Crippen LogP contribution in [0.2, 0.25) is 0 Å². The van der Waals surface area contributed by atoms with Crippen molar-refractivity contribution >= 4 is 0 Å². The van der Waals surface area contributed by atoms with E-state index < -0.39 is 0 Å². The number of nitrogens with one attached hydrogen (secondary N) is 1. The first kappa shape index (κ1) is 15.5. The summed E-state index contributed by atoms with van der Waals surface area (Å²) in [7, 11) is 0. The first-order chi connectivity index (χ1) is 7.81. The van der Waals surface area contributed by atoms with Crippen LogP contribution in [0, 0.1) is 12.3 Å². The van der Waals surface area contributed by atoms with E-state index in [0.29, 0.717) is 12.6 Å². The molecule has 1 N–H and O–H groups in total. The highest BCUT2D eigenvalue weighted by atomic mass is 14.9. The van der Waals surface area contributed by atoms with E-state index in [4.69, 9.17) is 6.42 Å². The van der Waals surface area contributed by atoms with Crippen LogP contribution in [0.4, 0.5) is 0 Å². The Balaban J connectivity index is 3.06. The number of rotatable bonds is 11. The van der Waals surface area contributed by atoms with Crippen molar-refractivity contribution in [3.05, 3.63) is 0 Å². The third-order valence-corrected chi connectivity index (χ3v) is 3.04. The van der Waals surface area contributed by atoms with Crippen molar-refractivity contribution in [2.75, 3.05) is 6.54 Å². The average Bonchev–Trinajstić information content (AvgIpc) is 2.30. The second-order valence-corrected chi connectivity index (χ2v) is 4.75. The third-order valence-electron chi connectivity index (χ3n) is 3.04. The lowest BCUT2D eigenvalue weighted by Gasteiger charge is -2.11. The summed E-state index contributed by atoms with van der Waals surface area (Å²) < 4.78 is 0. The largest absolute Gasteiger partial charge is 0.304 e. The Bertz CT molecular complexity index is 169. The van der Waals surface area contributed by atoms with Gasteiger partial charge in [0.2, 0.25) is 0 Å². The quantitative estimate of drug-likeness (QED) is 0.410. The van der Waals surface area contributed by atoms with Gasteiger partial charge in [0.25, 0.3) is 0 Å². The van der Waals surface area contributed by atoms with Crippen LogP contribution in [-0.2, 0) is 0 Å². The zero-order valence-electron chi connectivity index (χ0n) is 11.2. The average molecular weight is 223 g/mol. The predicted molar refractivity (Wildman–Crippen MR) is 73.5 cm³/mol. The van der Waals surface area contributed by atoms with Gasteiger partial charge >= 0.3 is 0 Å². The lowest BCUT2D eigenvalue weighted by molar-refractivity contribution is 0.495. The van der Waals surface area contributed by atoms with Gasteiger partial charge in [-0.15, -0.1) is 6.42 Å². The SMILES string of the molecule is C#CCN[C@@H](C)CCCCCCCCCC. The molecule has 0 fully saturated rings. The monoisotopic (exact) mass is 223 g/mol. The van der Waals surface area contributed by atoms with Crippen LogP contribution in [0.15, 0.2) is 0 Å². The van der Waals surface area contributed by atoms with Crippen LogP contribution < -0.4 is 5.32 Å². The Morgan fingerprint density at radius 3 is 2.12 bits per heavy atom. The minimum Gasteiger partial charge on any atom is -0.304 e. The maximum absolute atomic E-state index is 5.20. The number of unbranched alkanes of at least 4 members (excludes halogenated alkanes) is 7. The van der Waals surface area contributed by atoms with Gasteiger partial charge in [0.05, 0.1) is 6.54 Å². The van der Waals surface area contributed by atoms with Crippen LogP contribution in [0.3, 0.4) is 0 Å². The third kappa shape index (κ3) is 11.6. The highest BCUT2D eigenvalue weighted by Gasteiger charge is 1.99. The Hall–Kier alpha value is -0.480. The second-order valence-electron chi connectivity index (χ2n) is 4.75. The summed E-state index contributed by atoms with van der Waals surface area (Å²) in [5.41, 5.74) is 0. The molecule has 0 saturated carbocycles. The van der Waals surface area contributed by atoms with Gasteiger partial charge in [-0.1, -0.05) is 64.2 Å². The maximum atomic E-state index is 5.20. The van der Waals surface area contributed by atoms with Crippen LogP contribution in [-0.4, -0.2) is 12.6 Å². The molecule has 0 saturated heterocycles. The van der Waals surface area contributed by atoms with E-state index in [0.717, 1.165) is 0 Å². The molecule has 0 aliphatic carbocycles. The molecule has 16 heavy (non-hydrogen) atoms. The van der Waals surface area contributed by atoms with Gasteiger partial charge in [0.15, 0.2) is 0 Å². The minimum absolute atomic E-state index is 0.580. The fourth-order valence-electron chi connectivity index (χ4n) is 1.92. The molecule has 1 nitrogen and oxygen atoms in total. The van der Waals surface area contributed by atoms with Gasteiger partial charge in [-0.05, 0) is 13.3 Å². The Morgan fingerprint density at radius 1 is 1.00 bits per heavy atom. The van der Waals surface area contributed by atoms with E-state index in [-0.39, 0.29) is 0 Å². The Morgan fingerprint density at radius 2 is 1.56 bits per heavy atom. The van der Waals surface area contributed by atoms with Gasteiger partial charge in [0.1, 0.15) is 0 Å². The molecule has 0 aromatic rings. The zero-order valence-corrected chi connectivity index (χ0v) is 11.2. The number of hydrogen-bond acceptors (Lipinski definition) is 1. The molecule has 0 unspecified atom stereocenters. The summed E-state index contributed by atoms with van der Waals surface area (Å²) >= 11 is 0. The van der Waals surface area contributed by atoms with Crippen molar-refractivity contribution in [2.45, 2.75) is 77.7 Å². The first-order valence-corrected chi connectivity index (χ1v) is 6.98. The molecule has 0 aliphatic heterocycles. The van der Waals surface area contributed by atoms with Crippen molar-refractivity contribution in [3.8, 4) is 12.3 Å². The number of terminal acetylenes is 1. The van der Waals surface area contributed by atoms with E-state index in [1.807, 2.05) is 0 Å². The van der Waals surface area contributed by atoms with E-state index >= 15 is 0 Å². The van der Waals surface area contributed by atoms with E-state index in [2.05, 4.69) is 25.1 Å². The standard InChI is InChI=1S/C15H29N/c1-4-6-7-8-9-10-11-12-13-15(3)16-14-5-2/h2,15-16H,4,6-14H2,1,3H3/t15-/m0/s1. The minimum atomic E-state index is 0.580. The van der Waals surface area contributed by atoms with Crippen molar-refractivity contribution < 1.29 is 0 Å². The van der Waals surface area contributed by atoms with Crippen molar-refractivity contribution in [2.24, 2.45) is 0 Å². The summed E-state index contributed by atoms with van der Waals surface area (Å²) in [6, 6.07) is 0.580. The molecule has 0 rings (SSSR count). The van der Waals surface area contributed by atoms with E-state index in [9.17, 15) is 0 Å². The van der Waals surface area contributed by atoms with Gasteiger partial charge in [-0.25, -0.2) is 0 Å². The number of hydrogen-bond donors (Lipinski definition) is 1. The molecular formula is C15H29N. The highest BCUT2D eigenvalue weighted by Crippen LogP contribution is 2.10. The molecular weight excluding hydrogens is 194 g/mol. The molecule has 94 valence electrons. The zero-order chi connectivity index (χ0) is 12.1. The summed E-state index contributed by atoms with van der Waals surface area (Å²) in [6.45, 7) is 5.20. The van der Waals surface area contributed by atoms with Crippen molar-refractivity contribution in [1.82, 2.24) is 5.32 Å². The van der Waals surface area contributed by atoms with E-state index in [1.54, 1.807) is 0 Å². The fraction of sp³-hybridized carbons (Fsp3) is 0.867. The first-order valence-electron chi connectivity index (χ1n) is 6.98. The van der Waals surface area contributed by atoms with Crippen LogP contribution in [0.5, 0.6) is 0 Å². The van der Waals surface area contributed by atoms with Crippen LogP contribution in [0.1, 0.15) is 71.6 Å². The summed E-state index contributed by atoms with van der Waals surface area (Å²) in [6.07, 6.45) is 17.6. The maximum Gasteiger partial charge on any atom is 0.0575 e. The molecule has 0 heterocycles.